The smallest absolute Gasteiger partial charge is 0.293 e. The Morgan fingerprint density at radius 1 is 1.20 bits per heavy atom. The Hall–Kier alpha value is 0.0249. The van der Waals surface area contributed by atoms with Gasteiger partial charge in [-0.05, 0) is 19.3 Å². The van der Waals surface area contributed by atoms with Crippen LogP contribution in [0.3, 0.4) is 0 Å². The summed E-state index contributed by atoms with van der Waals surface area (Å²) in [5.41, 5.74) is 0.340. The van der Waals surface area contributed by atoms with Crippen LogP contribution in [0.2, 0.25) is 6.32 Å². The molecule has 1 heterocycles. The van der Waals surface area contributed by atoms with Crippen LogP contribution in [0, 0.1) is 5.41 Å². The van der Waals surface area contributed by atoms with Gasteiger partial charge in [0.05, 0.1) is 5.60 Å². The van der Waals surface area contributed by atoms with Gasteiger partial charge in [-0.15, -0.1) is 0 Å². The number of hydrogen-bond donors (Lipinski definition) is 0. The zero-order valence-corrected chi connectivity index (χ0v) is 7.40. The van der Waals surface area contributed by atoms with Crippen molar-refractivity contribution in [2.24, 2.45) is 5.41 Å². The predicted octanol–water partition coefficient (Wildman–Crippen LogP) is 2.25. The summed E-state index contributed by atoms with van der Waals surface area (Å²) in [6.45, 7) is 8.84. The molecule has 0 aliphatic carbocycles. The molecule has 1 saturated heterocycles. The summed E-state index contributed by atoms with van der Waals surface area (Å²) in [5.74, 6) is 0. The van der Waals surface area contributed by atoms with Crippen molar-refractivity contribution in [3.63, 3.8) is 0 Å². The maximum absolute atomic E-state index is 5.56. The molecule has 0 aromatic carbocycles. The fourth-order valence-corrected chi connectivity index (χ4v) is 1.15. The first kappa shape index (κ1) is 8.12. The van der Waals surface area contributed by atoms with Gasteiger partial charge in [0.1, 0.15) is 0 Å². The molecule has 0 atom stereocenters. The second-order valence-corrected chi connectivity index (χ2v) is 4.22. The van der Waals surface area contributed by atoms with Crippen molar-refractivity contribution in [2.45, 2.75) is 46.0 Å². The molecular formula is C8H16BO. The van der Waals surface area contributed by atoms with Gasteiger partial charge >= 0.3 is 0 Å². The molecule has 1 aliphatic rings. The summed E-state index contributed by atoms with van der Waals surface area (Å²) < 4.78 is 5.56. The Balaban J connectivity index is 2.70. The molecule has 0 amide bonds. The van der Waals surface area contributed by atoms with Crippen LogP contribution < -0.4 is 0 Å². The summed E-state index contributed by atoms with van der Waals surface area (Å²) in [7, 11) is 1.94. The van der Waals surface area contributed by atoms with E-state index in [1.165, 1.54) is 6.42 Å². The Morgan fingerprint density at radius 3 is 2.10 bits per heavy atom. The Labute approximate surface area is 64.4 Å². The second kappa shape index (κ2) is 2.26. The van der Waals surface area contributed by atoms with Gasteiger partial charge in [-0.2, -0.15) is 0 Å². The molecule has 2 heteroatoms. The molecular weight excluding hydrogens is 123 g/mol. The van der Waals surface area contributed by atoms with Crippen molar-refractivity contribution < 1.29 is 4.65 Å². The van der Waals surface area contributed by atoms with E-state index in [1.807, 2.05) is 7.48 Å². The van der Waals surface area contributed by atoms with E-state index >= 15 is 0 Å². The van der Waals surface area contributed by atoms with E-state index in [4.69, 9.17) is 4.65 Å². The normalized spacial score (nSPS) is 29.2. The first-order valence-corrected chi connectivity index (χ1v) is 3.95. The van der Waals surface area contributed by atoms with Gasteiger partial charge in [0, 0.05) is 0 Å². The summed E-state index contributed by atoms with van der Waals surface area (Å²) in [6.07, 6.45) is 2.33. The number of rotatable bonds is 0. The SMILES string of the molecule is CC1(C)CC[B]OC1(C)C. The molecule has 1 radical (unpaired) electrons. The molecule has 1 rings (SSSR count). The molecule has 1 aliphatic heterocycles. The third-order valence-corrected chi connectivity index (χ3v) is 2.89. The summed E-state index contributed by atoms with van der Waals surface area (Å²) in [4.78, 5) is 0. The molecule has 1 nitrogen and oxygen atoms in total. The van der Waals surface area contributed by atoms with Gasteiger partial charge in [0.15, 0.2) is 0 Å². The minimum absolute atomic E-state index is 0.0191. The Kier molecular flexibility index (Phi) is 1.84. The largest absolute Gasteiger partial charge is 0.435 e. The van der Waals surface area contributed by atoms with Crippen molar-refractivity contribution in [3.8, 4) is 0 Å². The lowest BCUT2D eigenvalue weighted by Gasteiger charge is -2.45. The minimum Gasteiger partial charge on any atom is -0.435 e. The highest BCUT2D eigenvalue weighted by atomic mass is 16.5. The van der Waals surface area contributed by atoms with Crippen LogP contribution in [0.15, 0.2) is 0 Å². The van der Waals surface area contributed by atoms with Crippen LogP contribution in [0.5, 0.6) is 0 Å². The van der Waals surface area contributed by atoms with Crippen LogP contribution in [-0.2, 0) is 4.65 Å². The lowest BCUT2D eigenvalue weighted by molar-refractivity contribution is -0.0269. The van der Waals surface area contributed by atoms with Gasteiger partial charge < -0.3 is 4.65 Å². The lowest BCUT2D eigenvalue weighted by atomic mass is 9.66. The van der Waals surface area contributed by atoms with Crippen molar-refractivity contribution in [1.29, 1.82) is 0 Å². The van der Waals surface area contributed by atoms with Gasteiger partial charge in [-0.3, -0.25) is 0 Å². The van der Waals surface area contributed by atoms with E-state index < -0.39 is 0 Å². The van der Waals surface area contributed by atoms with Crippen molar-refractivity contribution in [2.75, 3.05) is 0 Å². The van der Waals surface area contributed by atoms with E-state index in [9.17, 15) is 0 Å². The molecule has 0 aromatic rings. The standard InChI is InChI=1S/C8H16BO/c1-7(2)5-6-9-10-8(7,3)4/h5-6H2,1-4H3. The highest BCUT2D eigenvalue weighted by Crippen LogP contribution is 2.40. The molecule has 1 fully saturated rings. The van der Waals surface area contributed by atoms with Gasteiger partial charge in [-0.1, -0.05) is 26.6 Å². The van der Waals surface area contributed by atoms with Crippen molar-refractivity contribution >= 4 is 7.48 Å². The third kappa shape index (κ3) is 1.22. The van der Waals surface area contributed by atoms with E-state index in [0.29, 0.717) is 5.41 Å². The molecule has 0 saturated carbocycles. The molecule has 0 spiro atoms. The average molecular weight is 139 g/mol. The highest BCUT2D eigenvalue weighted by molar-refractivity contribution is 6.27. The number of hydrogen-bond acceptors (Lipinski definition) is 1. The predicted molar refractivity (Wildman–Crippen MR) is 44.1 cm³/mol. The van der Waals surface area contributed by atoms with Crippen LogP contribution in [0.25, 0.3) is 0 Å². The first-order valence-electron chi connectivity index (χ1n) is 3.95. The fraction of sp³-hybridized carbons (Fsp3) is 1.00. The minimum atomic E-state index is 0.0191. The van der Waals surface area contributed by atoms with E-state index in [-0.39, 0.29) is 5.60 Å². The monoisotopic (exact) mass is 139 g/mol. The van der Waals surface area contributed by atoms with Crippen molar-refractivity contribution in [1.82, 2.24) is 0 Å². The van der Waals surface area contributed by atoms with E-state index in [1.54, 1.807) is 0 Å². The molecule has 0 unspecified atom stereocenters. The molecule has 0 N–H and O–H groups in total. The third-order valence-electron chi connectivity index (χ3n) is 2.89. The molecule has 57 valence electrons. The van der Waals surface area contributed by atoms with Crippen LogP contribution in [0.4, 0.5) is 0 Å². The summed E-state index contributed by atoms with van der Waals surface area (Å²) in [6, 6.07) is 0. The summed E-state index contributed by atoms with van der Waals surface area (Å²) in [5, 5.41) is 0. The maximum atomic E-state index is 5.56. The Morgan fingerprint density at radius 2 is 1.80 bits per heavy atom. The first-order chi connectivity index (χ1) is 4.46. The van der Waals surface area contributed by atoms with Crippen molar-refractivity contribution in [3.05, 3.63) is 0 Å². The average Bonchev–Trinajstić information content (AvgIpc) is 1.77. The van der Waals surface area contributed by atoms with Crippen LogP contribution in [-0.4, -0.2) is 13.1 Å². The van der Waals surface area contributed by atoms with Crippen LogP contribution in [0.1, 0.15) is 34.1 Å². The summed E-state index contributed by atoms with van der Waals surface area (Å²) >= 11 is 0. The maximum Gasteiger partial charge on any atom is 0.293 e. The van der Waals surface area contributed by atoms with Gasteiger partial charge in [0.25, 0.3) is 7.48 Å². The highest BCUT2D eigenvalue weighted by Gasteiger charge is 2.39. The topological polar surface area (TPSA) is 9.23 Å². The Bertz CT molecular complexity index is 113. The van der Waals surface area contributed by atoms with E-state index in [0.717, 1.165) is 6.32 Å². The van der Waals surface area contributed by atoms with Crippen LogP contribution >= 0.6 is 0 Å². The fourth-order valence-electron chi connectivity index (χ4n) is 1.15. The zero-order valence-electron chi connectivity index (χ0n) is 7.40. The quantitative estimate of drug-likeness (QED) is 0.467. The molecule has 10 heavy (non-hydrogen) atoms. The van der Waals surface area contributed by atoms with Gasteiger partial charge in [-0.25, -0.2) is 0 Å². The molecule has 0 aromatic heterocycles. The second-order valence-electron chi connectivity index (χ2n) is 4.22. The molecule has 0 bridgehead atoms. The van der Waals surface area contributed by atoms with Gasteiger partial charge in [0.2, 0.25) is 0 Å². The van der Waals surface area contributed by atoms with E-state index in [2.05, 4.69) is 27.7 Å². The zero-order chi connectivity index (χ0) is 7.83. The lowest BCUT2D eigenvalue weighted by Crippen LogP contribution is -2.46.